The van der Waals surface area contributed by atoms with Gasteiger partial charge in [-0.3, -0.25) is 9.59 Å². The van der Waals surface area contributed by atoms with Gasteiger partial charge in [-0.1, -0.05) is 18.2 Å². The monoisotopic (exact) mass is 340 g/mol. The largest absolute Gasteiger partial charge is 0.497 e. The minimum atomic E-state index is -0.334. The Kier molecular flexibility index (Phi) is 4.88. The molecule has 1 aliphatic carbocycles. The van der Waals surface area contributed by atoms with Crippen LogP contribution in [0.25, 0.3) is 0 Å². The summed E-state index contributed by atoms with van der Waals surface area (Å²) in [5, 5.41) is 5.65. The number of carbonyl (C=O) groups excluding carboxylic acids is 2. The van der Waals surface area contributed by atoms with Crippen LogP contribution in [0.2, 0.25) is 0 Å². The Bertz CT molecular complexity index is 776. The van der Waals surface area contributed by atoms with Crippen LogP contribution in [0.4, 0.5) is 11.4 Å². The molecule has 25 heavy (non-hydrogen) atoms. The molecular weight excluding hydrogens is 320 g/mol. The highest BCUT2D eigenvalue weighted by Crippen LogP contribution is 2.41. The third-order valence-electron chi connectivity index (χ3n) is 4.17. The summed E-state index contributed by atoms with van der Waals surface area (Å²) in [5.74, 6) is 0.186. The molecule has 2 unspecified atom stereocenters. The lowest BCUT2D eigenvalue weighted by Crippen LogP contribution is -2.20. The van der Waals surface area contributed by atoms with E-state index in [2.05, 4.69) is 10.6 Å². The predicted molar refractivity (Wildman–Crippen MR) is 94.8 cm³/mol. The van der Waals surface area contributed by atoms with Crippen molar-refractivity contribution in [1.29, 1.82) is 0 Å². The first-order valence-corrected chi connectivity index (χ1v) is 8.01. The average Bonchev–Trinajstić information content (AvgIpc) is 3.43. The highest BCUT2D eigenvalue weighted by molar-refractivity contribution is 6.03. The fourth-order valence-electron chi connectivity index (χ4n) is 2.67. The molecule has 6 nitrogen and oxygen atoms in total. The molecule has 0 saturated heterocycles. The molecule has 2 N–H and O–H groups in total. The predicted octanol–water partition coefficient (Wildman–Crippen LogP) is 2.92. The normalized spacial score (nSPS) is 18.2. The van der Waals surface area contributed by atoms with Crippen molar-refractivity contribution in [2.24, 2.45) is 11.8 Å². The van der Waals surface area contributed by atoms with E-state index >= 15 is 0 Å². The van der Waals surface area contributed by atoms with Crippen molar-refractivity contribution < 1.29 is 19.1 Å². The van der Waals surface area contributed by atoms with E-state index < -0.39 is 0 Å². The number of anilines is 2. The zero-order chi connectivity index (χ0) is 17.8. The van der Waals surface area contributed by atoms with Gasteiger partial charge >= 0.3 is 0 Å². The summed E-state index contributed by atoms with van der Waals surface area (Å²) in [4.78, 5) is 24.7. The van der Waals surface area contributed by atoms with Gasteiger partial charge in [0.05, 0.1) is 31.7 Å². The summed E-state index contributed by atoms with van der Waals surface area (Å²) in [5.41, 5.74) is 1.26. The molecule has 3 rings (SSSR count). The number of nitrogens with one attached hydrogen (secondary N) is 2. The molecule has 2 aromatic rings. The van der Waals surface area contributed by atoms with Gasteiger partial charge in [-0.25, -0.2) is 0 Å². The lowest BCUT2D eigenvalue weighted by atomic mass is 10.2. The van der Waals surface area contributed by atoms with Crippen LogP contribution < -0.4 is 20.1 Å². The summed E-state index contributed by atoms with van der Waals surface area (Å²) in [6.07, 6.45) is 0.538. The van der Waals surface area contributed by atoms with Crippen LogP contribution in [0.1, 0.15) is 6.42 Å². The molecule has 0 aliphatic heterocycles. The van der Waals surface area contributed by atoms with Gasteiger partial charge in [-0.05, 0) is 30.7 Å². The Morgan fingerprint density at radius 1 is 0.920 bits per heavy atom. The smallest absolute Gasteiger partial charge is 0.228 e. The van der Waals surface area contributed by atoms with Crippen molar-refractivity contribution in [2.75, 3.05) is 24.9 Å². The summed E-state index contributed by atoms with van der Waals surface area (Å²) >= 11 is 0. The third kappa shape index (κ3) is 3.91. The molecule has 2 amide bonds. The fourth-order valence-corrected chi connectivity index (χ4v) is 2.67. The highest BCUT2D eigenvalue weighted by atomic mass is 16.5. The van der Waals surface area contributed by atoms with Crippen LogP contribution in [0.15, 0.2) is 48.5 Å². The van der Waals surface area contributed by atoms with Crippen LogP contribution in [0.3, 0.4) is 0 Å². The first-order valence-electron chi connectivity index (χ1n) is 8.01. The maximum Gasteiger partial charge on any atom is 0.228 e. The summed E-state index contributed by atoms with van der Waals surface area (Å²) in [7, 11) is 3.09. The quantitative estimate of drug-likeness (QED) is 0.848. The molecule has 0 bridgehead atoms. The molecule has 6 heteroatoms. The van der Waals surface area contributed by atoms with Crippen molar-refractivity contribution in [1.82, 2.24) is 0 Å². The topological polar surface area (TPSA) is 76.7 Å². The molecule has 0 spiro atoms. The van der Waals surface area contributed by atoms with E-state index in [4.69, 9.17) is 9.47 Å². The van der Waals surface area contributed by atoms with Crippen LogP contribution in [-0.4, -0.2) is 26.0 Å². The molecule has 2 aromatic carbocycles. The van der Waals surface area contributed by atoms with Gasteiger partial charge in [-0.2, -0.15) is 0 Å². The van der Waals surface area contributed by atoms with Crippen LogP contribution in [-0.2, 0) is 9.59 Å². The van der Waals surface area contributed by atoms with Gasteiger partial charge in [0, 0.05) is 11.8 Å². The van der Waals surface area contributed by atoms with Crippen molar-refractivity contribution in [3.8, 4) is 11.5 Å². The minimum Gasteiger partial charge on any atom is -0.497 e. The Morgan fingerprint density at radius 2 is 1.60 bits per heavy atom. The Hall–Kier alpha value is -3.02. The summed E-state index contributed by atoms with van der Waals surface area (Å²) in [6, 6.07) is 14.4. The number of hydrogen-bond donors (Lipinski definition) is 2. The number of ether oxygens (including phenoxy) is 2. The van der Waals surface area contributed by atoms with E-state index in [0.29, 0.717) is 23.6 Å². The average molecular weight is 340 g/mol. The molecule has 130 valence electrons. The molecule has 1 fully saturated rings. The van der Waals surface area contributed by atoms with Crippen molar-refractivity contribution in [3.05, 3.63) is 48.5 Å². The van der Waals surface area contributed by atoms with Crippen molar-refractivity contribution >= 4 is 23.2 Å². The number of rotatable bonds is 6. The van der Waals surface area contributed by atoms with E-state index in [1.165, 1.54) is 7.11 Å². The second kappa shape index (κ2) is 7.25. The maximum atomic E-state index is 12.4. The zero-order valence-electron chi connectivity index (χ0n) is 14.1. The molecular formula is C19H20N2O4. The first-order chi connectivity index (χ1) is 12.1. The van der Waals surface area contributed by atoms with Gasteiger partial charge in [0.1, 0.15) is 11.5 Å². The van der Waals surface area contributed by atoms with Crippen molar-refractivity contribution in [3.63, 3.8) is 0 Å². The van der Waals surface area contributed by atoms with Gasteiger partial charge in [0.15, 0.2) is 0 Å². The van der Waals surface area contributed by atoms with Crippen molar-refractivity contribution in [2.45, 2.75) is 6.42 Å². The first kappa shape index (κ1) is 16.8. The minimum absolute atomic E-state index is 0.135. The van der Waals surface area contributed by atoms with E-state index in [-0.39, 0.29) is 23.7 Å². The van der Waals surface area contributed by atoms with E-state index in [1.54, 1.807) is 25.3 Å². The number of amides is 2. The molecule has 2 atom stereocenters. The van der Waals surface area contributed by atoms with Gasteiger partial charge in [0.2, 0.25) is 11.8 Å². The SMILES string of the molecule is COc1ccc(OC)c(NC(=O)C2CC2C(=O)Nc2ccccc2)c1. The highest BCUT2D eigenvalue weighted by Gasteiger charge is 2.48. The lowest BCUT2D eigenvalue weighted by Gasteiger charge is -2.11. The molecule has 1 saturated carbocycles. The molecule has 0 aromatic heterocycles. The van der Waals surface area contributed by atoms with Gasteiger partial charge in [0.25, 0.3) is 0 Å². The summed E-state index contributed by atoms with van der Waals surface area (Å²) in [6.45, 7) is 0. The van der Waals surface area contributed by atoms with Crippen LogP contribution in [0, 0.1) is 11.8 Å². The second-order valence-corrected chi connectivity index (χ2v) is 5.86. The number of hydrogen-bond acceptors (Lipinski definition) is 4. The van der Waals surface area contributed by atoms with Gasteiger partial charge in [-0.15, -0.1) is 0 Å². The Labute approximate surface area is 146 Å². The lowest BCUT2D eigenvalue weighted by molar-refractivity contribution is -0.122. The number of carbonyl (C=O) groups is 2. The van der Waals surface area contributed by atoms with Crippen LogP contribution in [0.5, 0.6) is 11.5 Å². The van der Waals surface area contributed by atoms with Crippen LogP contribution >= 0.6 is 0 Å². The standard InChI is InChI=1S/C19H20N2O4/c1-24-13-8-9-17(25-2)16(10-13)21-19(23)15-11-14(15)18(22)20-12-6-4-3-5-7-12/h3-10,14-15H,11H2,1-2H3,(H,20,22)(H,21,23). The molecule has 0 radical (unpaired) electrons. The number of benzene rings is 2. The molecule has 0 heterocycles. The Balaban J connectivity index is 1.61. The van der Waals surface area contributed by atoms with E-state index in [9.17, 15) is 9.59 Å². The number of para-hydroxylation sites is 1. The fraction of sp³-hybridized carbons (Fsp3) is 0.263. The summed E-state index contributed by atoms with van der Waals surface area (Å²) < 4.78 is 10.4. The second-order valence-electron chi connectivity index (χ2n) is 5.86. The maximum absolute atomic E-state index is 12.4. The Morgan fingerprint density at radius 3 is 2.24 bits per heavy atom. The van der Waals surface area contributed by atoms with Gasteiger partial charge < -0.3 is 20.1 Å². The van der Waals surface area contributed by atoms with E-state index in [0.717, 1.165) is 5.69 Å². The van der Waals surface area contributed by atoms with E-state index in [1.807, 2.05) is 30.3 Å². The number of methoxy groups -OCH3 is 2. The zero-order valence-corrected chi connectivity index (χ0v) is 14.1. The molecule has 1 aliphatic rings. The third-order valence-corrected chi connectivity index (χ3v) is 4.17.